The monoisotopic (exact) mass is 1090 g/mol. The van der Waals surface area contributed by atoms with Crippen LogP contribution in [0.3, 0.4) is 0 Å². The van der Waals surface area contributed by atoms with Gasteiger partial charge in [0.05, 0.1) is 32.6 Å². The number of rotatable bonds is 6. The van der Waals surface area contributed by atoms with Gasteiger partial charge < -0.3 is 9.80 Å². The summed E-state index contributed by atoms with van der Waals surface area (Å²) in [7, 11) is -7.78. The standard InChI is InChI=1S/C55H46N4O4S2.Pt/c1-53(2,3)39-33-49(56-51(35-39)58-41-25-13-17-29-45(41)64(60,61)46-30-18-14-26-42(46)58)55(37-21-9-7-10-22-37,38-23-11-8-12-24-38)50-34-40(54(4,5)6)36-52(57-50)59-43-27-15-19-31-47(43)65(62,63)48-32-20-16-28-44(48)59;/h7-25,27,29-36H,1-6H3;/q-2;+2. The third-order valence-corrected chi connectivity index (χ3v) is 16.1. The summed E-state index contributed by atoms with van der Waals surface area (Å²) in [4.78, 5) is 15.9. The predicted octanol–water partition coefficient (Wildman–Crippen LogP) is 12.3. The minimum absolute atomic E-state index is 0. The number of sulfone groups is 2. The van der Waals surface area contributed by atoms with Crippen molar-refractivity contribution in [2.45, 2.75) is 77.4 Å². The minimum Gasteiger partial charge on any atom is -0.317 e. The van der Waals surface area contributed by atoms with Gasteiger partial charge in [0.2, 0.25) is 0 Å². The minimum atomic E-state index is -3.89. The molecule has 0 N–H and O–H groups in total. The Bertz CT molecular complexity index is 3070. The first-order valence-corrected chi connectivity index (χ1v) is 24.5. The topological polar surface area (TPSA) is 101 Å². The molecule has 2 aliphatic heterocycles. The molecule has 0 fully saturated rings. The molecule has 10 rings (SSSR count). The summed E-state index contributed by atoms with van der Waals surface area (Å²) >= 11 is 0. The molecule has 0 saturated heterocycles. The zero-order chi connectivity index (χ0) is 45.5. The van der Waals surface area contributed by atoms with Gasteiger partial charge in [-0.05, 0) is 103 Å². The summed E-state index contributed by atoms with van der Waals surface area (Å²) < 4.78 is 56.9. The summed E-state index contributed by atoms with van der Waals surface area (Å²) in [6, 6.07) is 59.6. The average Bonchev–Trinajstić information content (AvgIpc) is 3.30. The van der Waals surface area contributed by atoms with Crippen LogP contribution >= 0.6 is 0 Å². The molecule has 2 aromatic heterocycles. The molecule has 11 heteroatoms. The summed E-state index contributed by atoms with van der Waals surface area (Å²) in [5.74, 6) is 1.03. The van der Waals surface area contributed by atoms with Gasteiger partial charge in [-0.25, -0.2) is 26.8 Å². The fourth-order valence-corrected chi connectivity index (χ4v) is 12.3. The predicted molar refractivity (Wildman–Crippen MR) is 256 cm³/mol. The van der Waals surface area contributed by atoms with Crippen LogP contribution in [0.15, 0.2) is 189 Å². The molecule has 0 amide bonds. The molecule has 332 valence electrons. The second kappa shape index (κ2) is 16.3. The molecule has 2 aliphatic rings. The molecule has 6 aromatic carbocycles. The zero-order valence-corrected chi connectivity index (χ0v) is 41.1. The van der Waals surface area contributed by atoms with Crippen molar-refractivity contribution in [1.82, 2.24) is 9.97 Å². The second-order valence-corrected chi connectivity index (χ2v) is 22.3. The van der Waals surface area contributed by atoms with E-state index >= 15 is 0 Å². The molecule has 4 heterocycles. The maximum absolute atomic E-state index is 14.2. The Labute approximate surface area is 402 Å². The molecule has 0 radical (unpaired) electrons. The van der Waals surface area contributed by atoms with Crippen LogP contribution in [0.2, 0.25) is 0 Å². The van der Waals surface area contributed by atoms with Gasteiger partial charge in [0.1, 0.15) is 17.1 Å². The number of pyridine rings is 2. The van der Waals surface area contributed by atoms with Crippen molar-refractivity contribution in [3.8, 4) is 0 Å². The number of nitrogens with zero attached hydrogens (tertiary/aromatic N) is 4. The van der Waals surface area contributed by atoms with Crippen molar-refractivity contribution in [2.75, 3.05) is 9.80 Å². The maximum Gasteiger partial charge on any atom is 2.00 e. The van der Waals surface area contributed by atoms with E-state index in [1.807, 2.05) is 82.6 Å². The summed E-state index contributed by atoms with van der Waals surface area (Å²) in [6.45, 7) is 12.9. The number of benzene rings is 6. The van der Waals surface area contributed by atoms with Crippen LogP contribution in [0.25, 0.3) is 0 Å². The molecule has 66 heavy (non-hydrogen) atoms. The summed E-state index contributed by atoms with van der Waals surface area (Å²) in [5.41, 5.74) is 4.67. The Kier molecular flexibility index (Phi) is 11.1. The summed E-state index contributed by atoms with van der Waals surface area (Å²) in [5, 5.41) is 0. The van der Waals surface area contributed by atoms with Crippen LogP contribution in [0.4, 0.5) is 34.4 Å². The molecule has 0 aliphatic carbocycles. The molecule has 0 unspecified atom stereocenters. The van der Waals surface area contributed by atoms with Crippen molar-refractivity contribution < 1.29 is 37.9 Å². The molecule has 0 saturated carbocycles. The molecular formula is C55H46N4O4PtS2. The first-order valence-electron chi connectivity index (χ1n) is 21.5. The van der Waals surface area contributed by atoms with Gasteiger partial charge in [0.25, 0.3) is 0 Å². The Morgan fingerprint density at radius 1 is 0.424 bits per heavy atom. The van der Waals surface area contributed by atoms with E-state index in [1.165, 1.54) is 0 Å². The van der Waals surface area contributed by atoms with Gasteiger partial charge in [-0.3, -0.25) is 0 Å². The molecule has 0 spiro atoms. The number of fused-ring (bicyclic) bond motifs is 4. The van der Waals surface area contributed by atoms with Crippen LogP contribution in [0.1, 0.15) is 75.2 Å². The van der Waals surface area contributed by atoms with Gasteiger partial charge in [0, 0.05) is 0 Å². The number of hydrogen-bond donors (Lipinski definition) is 0. The molecule has 8 aromatic rings. The van der Waals surface area contributed by atoms with E-state index in [2.05, 4.69) is 90.1 Å². The first-order chi connectivity index (χ1) is 31.0. The number of anilines is 6. The quantitative estimate of drug-likeness (QED) is 0.152. The van der Waals surface area contributed by atoms with E-state index < -0.39 is 35.9 Å². The van der Waals surface area contributed by atoms with Crippen molar-refractivity contribution in [3.05, 3.63) is 216 Å². The Morgan fingerprint density at radius 3 is 1.15 bits per heavy atom. The van der Waals surface area contributed by atoms with Crippen molar-refractivity contribution >= 4 is 54.1 Å². The van der Waals surface area contributed by atoms with Crippen LogP contribution in [0.5, 0.6) is 0 Å². The number of para-hydroxylation sites is 4. The zero-order valence-electron chi connectivity index (χ0n) is 37.2. The van der Waals surface area contributed by atoms with Gasteiger partial charge in [-0.15, -0.1) is 0 Å². The van der Waals surface area contributed by atoms with E-state index in [4.69, 9.17) is 9.97 Å². The van der Waals surface area contributed by atoms with E-state index in [-0.39, 0.29) is 40.6 Å². The van der Waals surface area contributed by atoms with Crippen molar-refractivity contribution in [3.63, 3.8) is 0 Å². The van der Waals surface area contributed by atoms with Gasteiger partial charge in [-0.2, -0.15) is 48.5 Å². The second-order valence-electron chi connectivity index (χ2n) is 18.6. The molecular weight excluding hydrogens is 1040 g/mol. The fourth-order valence-electron chi connectivity index (χ4n) is 9.08. The smallest absolute Gasteiger partial charge is 0.317 e. The van der Waals surface area contributed by atoms with E-state index in [1.54, 1.807) is 60.7 Å². The maximum atomic E-state index is 14.2. The van der Waals surface area contributed by atoms with Crippen molar-refractivity contribution in [2.24, 2.45) is 0 Å². The Balaban J connectivity index is 0.00000548. The Hall–Kier alpha value is -6.19. The van der Waals surface area contributed by atoms with E-state index in [9.17, 15) is 16.8 Å². The third kappa shape index (κ3) is 7.13. The normalized spacial score (nSPS) is 14.8. The molecule has 8 nitrogen and oxygen atoms in total. The fraction of sp³-hybridized carbons (Fsp3) is 0.164. The summed E-state index contributed by atoms with van der Waals surface area (Å²) in [6.07, 6.45) is 0. The molecule has 0 bridgehead atoms. The largest absolute Gasteiger partial charge is 2.00 e. The van der Waals surface area contributed by atoms with Crippen molar-refractivity contribution in [1.29, 1.82) is 0 Å². The van der Waals surface area contributed by atoms with Crippen LogP contribution in [-0.4, -0.2) is 26.8 Å². The van der Waals surface area contributed by atoms with Gasteiger partial charge >= 0.3 is 21.1 Å². The third-order valence-electron chi connectivity index (χ3n) is 12.4. The number of hydrogen-bond acceptors (Lipinski definition) is 8. The molecule has 0 atom stereocenters. The van der Waals surface area contributed by atoms with Crippen LogP contribution < -0.4 is 9.80 Å². The average molecular weight is 1090 g/mol. The van der Waals surface area contributed by atoms with Crippen LogP contribution in [-0.2, 0) is 57.0 Å². The Morgan fingerprint density at radius 2 is 0.773 bits per heavy atom. The van der Waals surface area contributed by atoms with Gasteiger partial charge in [-0.1, -0.05) is 126 Å². The van der Waals surface area contributed by atoms with Crippen LogP contribution in [0, 0.1) is 12.1 Å². The first kappa shape index (κ1) is 45.0. The van der Waals surface area contributed by atoms with Gasteiger partial charge in [0.15, 0.2) is 19.7 Å². The number of aromatic nitrogens is 2. The SMILES string of the molecule is CC(C)(C)c1cc(N2c3[c-]cccc3S(=O)(=O)c3ccccc32)nc(C(c2ccccc2)(c2ccccc2)c2cc(C(C)(C)C)cc(N3c4[c-]cccc4S(=O)(=O)c4ccccc43)n2)c1.[Pt+2]. The van der Waals surface area contributed by atoms with E-state index in [0.29, 0.717) is 45.8 Å². The van der Waals surface area contributed by atoms with E-state index in [0.717, 1.165) is 22.3 Å².